The molecule has 39 heavy (non-hydrogen) atoms. The highest BCUT2D eigenvalue weighted by Gasteiger charge is 2.37. The minimum atomic E-state index is -1.01. The molecule has 0 atom stereocenters. The third-order valence-electron chi connectivity index (χ3n) is 5.89. The zero-order valence-corrected chi connectivity index (χ0v) is 20.6. The van der Waals surface area contributed by atoms with Crippen LogP contribution in [0.25, 0.3) is 6.08 Å². The molecule has 2 aliphatic heterocycles. The van der Waals surface area contributed by atoms with Crippen molar-refractivity contribution in [2.24, 2.45) is 0 Å². The second-order valence-electron chi connectivity index (χ2n) is 8.43. The molecule has 2 N–H and O–H groups in total. The number of amides is 4. The number of benzene rings is 3. The molecule has 1 fully saturated rings. The summed E-state index contributed by atoms with van der Waals surface area (Å²) in [5.74, 6) is -0.988. The quantitative estimate of drug-likeness (QED) is 0.329. The van der Waals surface area contributed by atoms with Crippen LogP contribution in [0.5, 0.6) is 23.0 Å². The molecule has 5 rings (SSSR count). The van der Waals surface area contributed by atoms with Crippen molar-refractivity contribution >= 4 is 35.6 Å². The summed E-state index contributed by atoms with van der Waals surface area (Å²) >= 11 is 0. The number of imide groups is 2. The monoisotopic (exact) mass is 530 g/mol. The molecule has 0 saturated carbocycles. The molecule has 198 valence electrons. The smallest absolute Gasteiger partial charge is 0.335 e. The van der Waals surface area contributed by atoms with E-state index in [1.54, 1.807) is 43.3 Å². The van der Waals surface area contributed by atoms with Crippen LogP contribution in [0.15, 0.2) is 66.2 Å². The van der Waals surface area contributed by atoms with Crippen LogP contribution in [-0.2, 0) is 16.2 Å². The standard InChI is InChI=1S/C28H22N2O9/c1-2-36-23-12-17(5-9-21(23)37-14-16-3-6-18(7-4-16)27(33)34)11-20-25(31)29-28(35)30(26(20)32)19-8-10-22-24(13-19)39-15-38-22/h3-13H,2,14-15H2,1H3,(H,33,34)(H,29,31,35)/b20-11+. The predicted octanol–water partition coefficient (Wildman–Crippen LogP) is 3.76. The minimum Gasteiger partial charge on any atom is -0.490 e. The lowest BCUT2D eigenvalue weighted by Crippen LogP contribution is -2.54. The molecule has 1 saturated heterocycles. The van der Waals surface area contributed by atoms with E-state index >= 15 is 0 Å². The van der Waals surface area contributed by atoms with Gasteiger partial charge in [0.15, 0.2) is 23.0 Å². The van der Waals surface area contributed by atoms with Crippen LogP contribution in [0.3, 0.4) is 0 Å². The summed E-state index contributed by atoms with van der Waals surface area (Å²) in [6.07, 6.45) is 1.36. The van der Waals surface area contributed by atoms with E-state index in [4.69, 9.17) is 24.1 Å². The number of nitrogens with zero attached hydrogens (tertiary/aromatic N) is 1. The summed E-state index contributed by atoms with van der Waals surface area (Å²) in [6, 6.07) is 14.9. The molecule has 0 radical (unpaired) electrons. The number of fused-ring (bicyclic) bond motifs is 1. The van der Waals surface area contributed by atoms with E-state index in [0.29, 0.717) is 35.2 Å². The van der Waals surface area contributed by atoms with E-state index in [1.165, 1.54) is 30.3 Å². The average Bonchev–Trinajstić information content (AvgIpc) is 3.39. The number of urea groups is 1. The topological polar surface area (TPSA) is 141 Å². The maximum Gasteiger partial charge on any atom is 0.335 e. The molecule has 0 bridgehead atoms. The zero-order valence-electron chi connectivity index (χ0n) is 20.6. The fourth-order valence-electron chi connectivity index (χ4n) is 3.99. The van der Waals surface area contributed by atoms with Gasteiger partial charge in [0, 0.05) is 6.07 Å². The summed E-state index contributed by atoms with van der Waals surface area (Å²) in [5, 5.41) is 11.2. The van der Waals surface area contributed by atoms with Crippen molar-refractivity contribution in [2.75, 3.05) is 18.3 Å². The Hall–Kier alpha value is -5.32. The van der Waals surface area contributed by atoms with Gasteiger partial charge in [0.05, 0.1) is 17.9 Å². The molecule has 11 heteroatoms. The first-order valence-electron chi connectivity index (χ1n) is 11.9. The maximum atomic E-state index is 13.3. The van der Waals surface area contributed by atoms with Gasteiger partial charge in [0.25, 0.3) is 11.8 Å². The Balaban J connectivity index is 1.38. The molecule has 2 aliphatic rings. The highest BCUT2D eigenvalue weighted by atomic mass is 16.7. The molecular formula is C28H22N2O9. The van der Waals surface area contributed by atoms with Gasteiger partial charge in [-0.1, -0.05) is 18.2 Å². The molecule has 0 unspecified atom stereocenters. The Morgan fingerprint density at radius 1 is 0.974 bits per heavy atom. The number of carbonyl (C=O) groups excluding carboxylic acids is 3. The summed E-state index contributed by atoms with van der Waals surface area (Å²) in [5.41, 5.74) is 1.37. The molecule has 0 spiro atoms. The van der Waals surface area contributed by atoms with Gasteiger partial charge in [0.2, 0.25) is 6.79 Å². The van der Waals surface area contributed by atoms with Gasteiger partial charge in [-0.05, 0) is 60.5 Å². The lowest BCUT2D eigenvalue weighted by Gasteiger charge is -2.26. The van der Waals surface area contributed by atoms with Crippen LogP contribution in [0.2, 0.25) is 0 Å². The van der Waals surface area contributed by atoms with Crippen molar-refractivity contribution in [3.8, 4) is 23.0 Å². The summed E-state index contributed by atoms with van der Waals surface area (Å²) in [4.78, 5) is 50.3. The maximum absolute atomic E-state index is 13.3. The lowest BCUT2D eigenvalue weighted by molar-refractivity contribution is -0.122. The normalized spacial score (nSPS) is 15.4. The molecule has 11 nitrogen and oxygen atoms in total. The highest BCUT2D eigenvalue weighted by molar-refractivity contribution is 6.39. The molecule has 3 aromatic rings. The Morgan fingerprint density at radius 2 is 1.74 bits per heavy atom. The second kappa shape index (κ2) is 10.6. The molecule has 2 heterocycles. The van der Waals surface area contributed by atoms with Crippen LogP contribution >= 0.6 is 0 Å². The number of carbonyl (C=O) groups is 4. The lowest BCUT2D eigenvalue weighted by atomic mass is 10.1. The Morgan fingerprint density at radius 3 is 2.49 bits per heavy atom. The van der Waals surface area contributed by atoms with Crippen LogP contribution in [0.1, 0.15) is 28.4 Å². The molecule has 0 aromatic heterocycles. The number of nitrogens with one attached hydrogen (secondary N) is 1. The van der Waals surface area contributed by atoms with E-state index in [2.05, 4.69) is 5.32 Å². The number of barbiturate groups is 1. The largest absolute Gasteiger partial charge is 0.490 e. The molecule has 0 aliphatic carbocycles. The molecular weight excluding hydrogens is 508 g/mol. The highest BCUT2D eigenvalue weighted by Crippen LogP contribution is 2.36. The predicted molar refractivity (Wildman–Crippen MR) is 137 cm³/mol. The second-order valence-corrected chi connectivity index (χ2v) is 8.43. The molecule has 4 amide bonds. The first-order chi connectivity index (χ1) is 18.8. The van der Waals surface area contributed by atoms with Crippen LogP contribution in [0.4, 0.5) is 10.5 Å². The van der Waals surface area contributed by atoms with Gasteiger partial charge >= 0.3 is 12.0 Å². The van der Waals surface area contributed by atoms with Crippen LogP contribution < -0.4 is 29.2 Å². The number of carboxylic acids is 1. The van der Waals surface area contributed by atoms with Gasteiger partial charge in [-0.15, -0.1) is 0 Å². The number of rotatable bonds is 8. The van der Waals surface area contributed by atoms with Crippen LogP contribution in [-0.4, -0.2) is 42.3 Å². The van der Waals surface area contributed by atoms with E-state index in [-0.39, 0.29) is 30.2 Å². The van der Waals surface area contributed by atoms with Gasteiger partial charge < -0.3 is 24.1 Å². The number of anilines is 1. The fraction of sp³-hybridized carbons (Fsp3) is 0.143. The van der Waals surface area contributed by atoms with Gasteiger partial charge in [-0.25, -0.2) is 14.5 Å². The summed E-state index contributed by atoms with van der Waals surface area (Å²) < 4.78 is 22.2. The number of carboxylic acid groups (broad SMARTS) is 1. The number of hydrogen-bond donors (Lipinski definition) is 2. The molecule has 3 aromatic carbocycles. The van der Waals surface area contributed by atoms with E-state index in [0.717, 1.165) is 10.5 Å². The SMILES string of the molecule is CCOc1cc(/C=C2\C(=O)NC(=O)N(c3ccc4c(c3)OCO4)C2=O)ccc1OCc1ccc(C(=O)O)cc1. The van der Waals surface area contributed by atoms with Crippen molar-refractivity contribution in [1.29, 1.82) is 0 Å². The van der Waals surface area contributed by atoms with Crippen molar-refractivity contribution in [1.82, 2.24) is 5.32 Å². The average molecular weight is 530 g/mol. The van der Waals surface area contributed by atoms with E-state index in [1.807, 2.05) is 0 Å². The van der Waals surface area contributed by atoms with Crippen molar-refractivity contribution < 1.29 is 43.2 Å². The van der Waals surface area contributed by atoms with E-state index < -0.39 is 23.8 Å². The Bertz CT molecular complexity index is 1510. The fourth-order valence-corrected chi connectivity index (χ4v) is 3.99. The number of hydrogen-bond acceptors (Lipinski definition) is 8. The minimum absolute atomic E-state index is 0.0292. The van der Waals surface area contributed by atoms with Crippen molar-refractivity contribution in [3.05, 3.63) is 82.9 Å². The number of aromatic carboxylic acids is 1. The Kier molecular flexibility index (Phi) is 6.87. The third-order valence-corrected chi connectivity index (χ3v) is 5.89. The number of ether oxygens (including phenoxy) is 4. The third kappa shape index (κ3) is 5.23. The van der Waals surface area contributed by atoms with Gasteiger partial charge in [0.1, 0.15) is 12.2 Å². The van der Waals surface area contributed by atoms with Crippen molar-refractivity contribution in [3.63, 3.8) is 0 Å². The van der Waals surface area contributed by atoms with Crippen molar-refractivity contribution in [2.45, 2.75) is 13.5 Å². The summed E-state index contributed by atoms with van der Waals surface area (Å²) in [7, 11) is 0. The summed E-state index contributed by atoms with van der Waals surface area (Å²) in [6.45, 7) is 2.32. The van der Waals surface area contributed by atoms with Crippen LogP contribution in [0, 0.1) is 0 Å². The first-order valence-corrected chi connectivity index (χ1v) is 11.9. The van der Waals surface area contributed by atoms with Gasteiger partial charge in [-0.3, -0.25) is 14.9 Å². The zero-order chi connectivity index (χ0) is 27.5. The first kappa shape index (κ1) is 25.3. The Labute approximate surface area is 222 Å². The van der Waals surface area contributed by atoms with E-state index in [9.17, 15) is 19.2 Å². The van der Waals surface area contributed by atoms with Gasteiger partial charge in [-0.2, -0.15) is 0 Å².